The van der Waals surface area contributed by atoms with Gasteiger partial charge in [-0.05, 0) is 32.0 Å². The van der Waals surface area contributed by atoms with Gasteiger partial charge in [0.2, 0.25) is 0 Å². The largest absolute Gasteiger partial charge is 0.472 e. The van der Waals surface area contributed by atoms with Crippen molar-refractivity contribution in [2.45, 2.75) is 13.8 Å². The monoisotopic (exact) mass is 319 g/mol. The maximum absolute atomic E-state index is 11.8. The fraction of sp³-hybridized carbons (Fsp3) is 0.200. The second-order valence-electron chi connectivity index (χ2n) is 4.33. The van der Waals surface area contributed by atoms with E-state index < -0.39 is 0 Å². The van der Waals surface area contributed by atoms with Crippen LogP contribution in [-0.4, -0.2) is 17.6 Å². The average molecular weight is 319 g/mol. The van der Waals surface area contributed by atoms with Crippen LogP contribution in [0.25, 0.3) is 20.3 Å². The molecule has 0 atom stereocenters. The molecule has 0 fully saturated rings. The second-order valence-corrected chi connectivity index (χ2v) is 6.41. The summed E-state index contributed by atoms with van der Waals surface area (Å²) in [6.45, 7) is 4.00. The average Bonchev–Trinajstić information content (AvgIpc) is 3.18. The van der Waals surface area contributed by atoms with Crippen molar-refractivity contribution in [3.63, 3.8) is 0 Å². The van der Waals surface area contributed by atoms with Gasteiger partial charge in [0.15, 0.2) is 0 Å². The molecule has 0 spiro atoms. The summed E-state index contributed by atoms with van der Waals surface area (Å²) in [7, 11) is 0. The quantitative estimate of drug-likeness (QED) is 0.659. The minimum absolute atomic E-state index is 0.301. The van der Waals surface area contributed by atoms with Crippen LogP contribution in [0.1, 0.15) is 22.3 Å². The first-order valence-corrected chi connectivity index (χ1v) is 8.09. The van der Waals surface area contributed by atoms with E-state index in [2.05, 4.69) is 4.98 Å². The highest BCUT2D eigenvalue weighted by Crippen LogP contribution is 2.37. The van der Waals surface area contributed by atoms with E-state index in [0.29, 0.717) is 17.2 Å². The Morgan fingerprint density at radius 1 is 1.29 bits per heavy atom. The Bertz CT molecular complexity index is 756. The van der Waals surface area contributed by atoms with Gasteiger partial charge in [-0.3, -0.25) is 0 Å². The van der Waals surface area contributed by atoms with Crippen LogP contribution in [-0.2, 0) is 4.74 Å². The third-order valence-corrected chi connectivity index (χ3v) is 5.32. The molecule has 0 N–H and O–H groups in total. The van der Waals surface area contributed by atoms with E-state index in [9.17, 15) is 4.79 Å². The summed E-state index contributed by atoms with van der Waals surface area (Å²) in [4.78, 5) is 19.1. The molecule has 3 aromatic heterocycles. The number of carbonyl (C=O) groups is 1. The molecule has 0 aliphatic rings. The van der Waals surface area contributed by atoms with Crippen LogP contribution in [0.5, 0.6) is 0 Å². The minimum Gasteiger partial charge on any atom is -0.472 e. The number of aryl methyl sites for hydroxylation is 1. The zero-order valence-corrected chi connectivity index (χ0v) is 13.2. The van der Waals surface area contributed by atoms with Crippen molar-refractivity contribution >= 4 is 28.6 Å². The van der Waals surface area contributed by atoms with Crippen molar-refractivity contribution in [3.05, 3.63) is 41.3 Å². The summed E-state index contributed by atoms with van der Waals surface area (Å²) in [5.74, 6) is -0.301. The number of furan rings is 1. The molecule has 6 heteroatoms. The predicted molar refractivity (Wildman–Crippen MR) is 83.8 cm³/mol. The Kier molecular flexibility index (Phi) is 3.90. The number of rotatable bonds is 4. The number of hydrogen-bond acceptors (Lipinski definition) is 6. The molecule has 0 amide bonds. The van der Waals surface area contributed by atoms with Crippen molar-refractivity contribution in [1.29, 1.82) is 0 Å². The van der Waals surface area contributed by atoms with E-state index in [-0.39, 0.29) is 5.97 Å². The van der Waals surface area contributed by atoms with E-state index in [1.165, 1.54) is 11.3 Å². The zero-order valence-electron chi connectivity index (χ0n) is 11.6. The first-order chi connectivity index (χ1) is 10.2. The number of aromatic nitrogens is 1. The highest BCUT2D eigenvalue weighted by atomic mass is 32.1. The fourth-order valence-corrected chi connectivity index (χ4v) is 3.91. The van der Waals surface area contributed by atoms with Gasteiger partial charge in [0, 0.05) is 10.4 Å². The topological polar surface area (TPSA) is 52.3 Å². The minimum atomic E-state index is -0.301. The summed E-state index contributed by atoms with van der Waals surface area (Å²) in [6.07, 6.45) is 3.37. The van der Waals surface area contributed by atoms with Gasteiger partial charge >= 0.3 is 5.97 Å². The van der Waals surface area contributed by atoms with Crippen LogP contribution in [0.3, 0.4) is 0 Å². The Balaban J connectivity index is 1.91. The Morgan fingerprint density at radius 2 is 2.10 bits per heavy atom. The predicted octanol–water partition coefficient (Wildman–Crippen LogP) is 4.62. The molecule has 0 saturated carbocycles. The molecule has 0 radical (unpaired) electrons. The van der Waals surface area contributed by atoms with Crippen LogP contribution in [0.2, 0.25) is 0 Å². The Hall–Kier alpha value is -1.92. The lowest BCUT2D eigenvalue weighted by molar-refractivity contribution is 0.0531. The molecule has 0 saturated heterocycles. The molecule has 0 aliphatic carbocycles. The summed E-state index contributed by atoms with van der Waals surface area (Å²) in [5.41, 5.74) is 1.76. The molecule has 108 valence electrons. The van der Waals surface area contributed by atoms with Gasteiger partial charge in [-0.25, -0.2) is 9.78 Å². The van der Waals surface area contributed by atoms with Gasteiger partial charge in [-0.15, -0.1) is 22.7 Å². The van der Waals surface area contributed by atoms with Gasteiger partial charge in [0.25, 0.3) is 0 Å². The molecular weight excluding hydrogens is 306 g/mol. The van der Waals surface area contributed by atoms with Crippen molar-refractivity contribution in [2.24, 2.45) is 0 Å². The second kappa shape index (κ2) is 5.83. The van der Waals surface area contributed by atoms with E-state index in [4.69, 9.17) is 9.15 Å². The number of ether oxygens (including phenoxy) is 1. The molecule has 0 bridgehead atoms. The van der Waals surface area contributed by atoms with Crippen molar-refractivity contribution in [2.75, 3.05) is 6.61 Å². The van der Waals surface area contributed by atoms with Gasteiger partial charge < -0.3 is 9.15 Å². The summed E-state index contributed by atoms with van der Waals surface area (Å²) < 4.78 is 10.1. The Morgan fingerprint density at radius 3 is 2.81 bits per heavy atom. The van der Waals surface area contributed by atoms with Crippen LogP contribution in [0.4, 0.5) is 0 Å². The SMILES string of the molecule is CCOC(=O)c1sc(-c2ccc(-c3ccoc3)s2)nc1C. The summed E-state index contributed by atoms with van der Waals surface area (Å²) in [5, 5.41) is 0.843. The molecule has 0 aliphatic heterocycles. The molecule has 3 heterocycles. The van der Waals surface area contributed by atoms with E-state index in [0.717, 1.165) is 20.3 Å². The highest BCUT2D eigenvalue weighted by Gasteiger charge is 2.18. The summed E-state index contributed by atoms with van der Waals surface area (Å²) >= 11 is 3.00. The number of thiophene rings is 1. The smallest absolute Gasteiger partial charge is 0.350 e. The highest BCUT2D eigenvalue weighted by molar-refractivity contribution is 7.24. The van der Waals surface area contributed by atoms with Crippen LogP contribution >= 0.6 is 22.7 Å². The van der Waals surface area contributed by atoms with Gasteiger partial charge in [0.1, 0.15) is 9.88 Å². The fourth-order valence-electron chi connectivity index (χ4n) is 1.90. The molecule has 21 heavy (non-hydrogen) atoms. The Labute approximate surface area is 130 Å². The maximum Gasteiger partial charge on any atom is 0.350 e. The molecule has 0 unspecified atom stereocenters. The number of carbonyl (C=O) groups excluding carboxylic acids is 1. The number of hydrogen-bond donors (Lipinski definition) is 0. The normalized spacial score (nSPS) is 10.8. The lowest BCUT2D eigenvalue weighted by atomic mass is 10.3. The van der Waals surface area contributed by atoms with Gasteiger partial charge in [0.05, 0.1) is 29.7 Å². The van der Waals surface area contributed by atoms with E-state index in [1.807, 2.05) is 25.1 Å². The number of esters is 1. The van der Waals surface area contributed by atoms with Crippen LogP contribution in [0, 0.1) is 6.92 Å². The van der Waals surface area contributed by atoms with Crippen molar-refractivity contribution < 1.29 is 13.9 Å². The van der Waals surface area contributed by atoms with Gasteiger partial charge in [-0.2, -0.15) is 0 Å². The van der Waals surface area contributed by atoms with E-state index in [1.54, 1.807) is 30.8 Å². The molecule has 0 aromatic carbocycles. The number of thiazole rings is 1. The number of nitrogens with zero attached hydrogens (tertiary/aromatic N) is 1. The van der Waals surface area contributed by atoms with Crippen LogP contribution in [0.15, 0.2) is 35.1 Å². The zero-order chi connectivity index (χ0) is 14.8. The third kappa shape index (κ3) is 2.77. The van der Waals surface area contributed by atoms with E-state index >= 15 is 0 Å². The maximum atomic E-state index is 11.8. The van der Waals surface area contributed by atoms with Gasteiger partial charge in [-0.1, -0.05) is 0 Å². The summed E-state index contributed by atoms with van der Waals surface area (Å²) in [6, 6.07) is 5.97. The first kappa shape index (κ1) is 14.0. The molecular formula is C15H13NO3S2. The first-order valence-electron chi connectivity index (χ1n) is 6.46. The lowest BCUT2D eigenvalue weighted by Crippen LogP contribution is -2.03. The lowest BCUT2D eigenvalue weighted by Gasteiger charge is -1.97. The van der Waals surface area contributed by atoms with Crippen molar-refractivity contribution in [3.8, 4) is 20.3 Å². The molecule has 3 rings (SSSR count). The third-order valence-electron chi connectivity index (χ3n) is 2.88. The van der Waals surface area contributed by atoms with Crippen molar-refractivity contribution in [1.82, 2.24) is 4.98 Å². The molecule has 4 nitrogen and oxygen atoms in total. The molecule has 3 aromatic rings. The standard InChI is InChI=1S/C15H13NO3S2/c1-3-19-15(17)13-9(2)16-14(21-13)12-5-4-11(20-12)10-6-7-18-8-10/h4-8H,3H2,1-2H3. The van der Waals surface area contributed by atoms with Crippen LogP contribution < -0.4 is 0 Å².